The average Bonchev–Trinajstić information content (AvgIpc) is 3.18. The maximum atomic E-state index is 13.5. The van der Waals surface area contributed by atoms with Gasteiger partial charge in [0.15, 0.2) is 0 Å². The molecule has 0 radical (unpaired) electrons. The second kappa shape index (κ2) is 9.11. The topological polar surface area (TPSA) is 57.6 Å². The first kappa shape index (κ1) is 20.9. The maximum absolute atomic E-state index is 13.5. The Labute approximate surface area is 171 Å². The smallest absolute Gasteiger partial charge is 0.318 e. The van der Waals surface area contributed by atoms with E-state index in [1.807, 2.05) is 39.1 Å². The Bertz CT molecular complexity index is 847. The molecular formula is C22H29FN4O2. The molecule has 29 heavy (non-hydrogen) atoms. The van der Waals surface area contributed by atoms with Crippen LogP contribution in [-0.2, 0) is 11.3 Å². The zero-order valence-corrected chi connectivity index (χ0v) is 17.3. The molecule has 6 nitrogen and oxygen atoms in total. The lowest BCUT2D eigenvalue weighted by molar-refractivity contribution is -0.134. The quantitative estimate of drug-likeness (QED) is 0.808. The van der Waals surface area contributed by atoms with Crippen molar-refractivity contribution in [2.45, 2.75) is 45.8 Å². The van der Waals surface area contributed by atoms with E-state index in [4.69, 9.17) is 0 Å². The average molecular weight is 400 g/mol. The van der Waals surface area contributed by atoms with Gasteiger partial charge in [-0.2, -0.15) is 0 Å². The number of amides is 3. The Morgan fingerprint density at radius 2 is 1.93 bits per heavy atom. The van der Waals surface area contributed by atoms with Gasteiger partial charge in [-0.25, -0.2) is 9.18 Å². The largest absolute Gasteiger partial charge is 0.348 e. The molecule has 1 atom stereocenters. The van der Waals surface area contributed by atoms with E-state index in [0.717, 1.165) is 17.7 Å². The van der Waals surface area contributed by atoms with E-state index in [1.54, 1.807) is 21.9 Å². The minimum Gasteiger partial charge on any atom is -0.348 e. The van der Waals surface area contributed by atoms with Crippen LogP contribution in [0.4, 0.5) is 9.18 Å². The number of hydrogen-bond acceptors (Lipinski definition) is 2. The van der Waals surface area contributed by atoms with E-state index in [0.29, 0.717) is 19.6 Å². The van der Waals surface area contributed by atoms with Crippen molar-refractivity contribution < 1.29 is 14.0 Å². The minimum absolute atomic E-state index is 0.00557. The molecule has 3 amide bonds. The number of rotatable bonds is 6. The highest BCUT2D eigenvalue weighted by atomic mass is 19.1. The molecule has 1 aliphatic heterocycles. The molecule has 0 saturated heterocycles. The van der Waals surface area contributed by atoms with Crippen LogP contribution in [0.2, 0.25) is 0 Å². The van der Waals surface area contributed by atoms with Crippen LogP contribution in [-0.4, -0.2) is 52.0 Å². The lowest BCUT2D eigenvalue weighted by atomic mass is 9.99. The summed E-state index contributed by atoms with van der Waals surface area (Å²) in [6.45, 7) is 7.59. The number of fused-ring (bicyclic) bond motifs is 1. The van der Waals surface area contributed by atoms with Crippen LogP contribution in [0.5, 0.6) is 0 Å². The number of nitrogens with zero attached hydrogens (tertiary/aromatic N) is 3. The molecule has 0 saturated carbocycles. The van der Waals surface area contributed by atoms with Crippen molar-refractivity contribution in [3.05, 3.63) is 59.7 Å². The van der Waals surface area contributed by atoms with Crippen molar-refractivity contribution >= 4 is 11.9 Å². The Morgan fingerprint density at radius 3 is 2.59 bits per heavy atom. The van der Waals surface area contributed by atoms with Gasteiger partial charge >= 0.3 is 6.03 Å². The third-order valence-corrected chi connectivity index (χ3v) is 5.26. The van der Waals surface area contributed by atoms with Crippen molar-refractivity contribution in [3.8, 4) is 0 Å². The number of halogens is 1. The normalized spacial score (nSPS) is 15.9. The van der Waals surface area contributed by atoms with Gasteiger partial charge in [-0.05, 0) is 50.1 Å². The molecule has 1 aromatic heterocycles. The minimum atomic E-state index is -0.309. The molecule has 7 heteroatoms. The van der Waals surface area contributed by atoms with Crippen LogP contribution in [0.15, 0.2) is 42.6 Å². The fraction of sp³-hybridized carbons (Fsp3) is 0.455. The van der Waals surface area contributed by atoms with E-state index in [-0.39, 0.29) is 36.4 Å². The van der Waals surface area contributed by atoms with E-state index < -0.39 is 0 Å². The van der Waals surface area contributed by atoms with E-state index in [2.05, 4.69) is 9.88 Å². The molecule has 1 aliphatic rings. The van der Waals surface area contributed by atoms with Crippen LogP contribution in [0.3, 0.4) is 0 Å². The zero-order valence-electron chi connectivity index (χ0n) is 17.3. The number of benzene rings is 1. The molecule has 0 unspecified atom stereocenters. The predicted molar refractivity (Wildman–Crippen MR) is 110 cm³/mol. The predicted octanol–water partition coefficient (Wildman–Crippen LogP) is 3.39. The second-order valence-corrected chi connectivity index (χ2v) is 7.62. The van der Waals surface area contributed by atoms with Crippen molar-refractivity contribution in [1.82, 2.24) is 19.7 Å². The molecule has 156 valence electrons. The van der Waals surface area contributed by atoms with Crippen LogP contribution in [0, 0.1) is 5.82 Å². The fourth-order valence-electron chi connectivity index (χ4n) is 3.71. The van der Waals surface area contributed by atoms with Crippen molar-refractivity contribution in [3.63, 3.8) is 0 Å². The molecule has 3 rings (SSSR count). The third kappa shape index (κ3) is 4.60. The molecule has 1 N–H and O–H groups in total. The second-order valence-electron chi connectivity index (χ2n) is 7.62. The Balaban J connectivity index is 1.85. The number of urea groups is 1. The SMILES string of the molecule is CCCNC(=O)N(CC(=O)N1CCn2cccc2[C@H]1c1ccc(F)cc1)C(C)C. The first-order valence-electron chi connectivity index (χ1n) is 10.2. The number of aromatic nitrogens is 1. The van der Waals surface area contributed by atoms with Crippen LogP contribution in [0.1, 0.15) is 44.5 Å². The van der Waals surface area contributed by atoms with E-state index in [1.165, 1.54) is 12.1 Å². The molecule has 0 bridgehead atoms. The Morgan fingerprint density at radius 1 is 1.21 bits per heavy atom. The summed E-state index contributed by atoms with van der Waals surface area (Å²) in [7, 11) is 0. The summed E-state index contributed by atoms with van der Waals surface area (Å²) in [6.07, 6.45) is 2.83. The number of hydrogen-bond donors (Lipinski definition) is 1. The van der Waals surface area contributed by atoms with Gasteiger partial charge in [0.25, 0.3) is 0 Å². The van der Waals surface area contributed by atoms with Crippen LogP contribution in [0.25, 0.3) is 0 Å². The molecule has 0 spiro atoms. The summed E-state index contributed by atoms with van der Waals surface area (Å²) in [5.41, 5.74) is 1.84. The molecule has 0 fully saturated rings. The fourth-order valence-corrected chi connectivity index (χ4v) is 3.71. The van der Waals surface area contributed by atoms with Gasteiger partial charge in [-0.1, -0.05) is 19.1 Å². The van der Waals surface area contributed by atoms with Gasteiger partial charge in [0, 0.05) is 37.6 Å². The van der Waals surface area contributed by atoms with Gasteiger partial charge in [0.05, 0.1) is 6.04 Å². The zero-order chi connectivity index (χ0) is 21.0. The molecule has 2 heterocycles. The van der Waals surface area contributed by atoms with Crippen molar-refractivity contribution in [2.24, 2.45) is 0 Å². The Hall–Kier alpha value is -2.83. The maximum Gasteiger partial charge on any atom is 0.318 e. The number of carbonyl (C=O) groups excluding carboxylic acids is 2. The van der Waals surface area contributed by atoms with Crippen LogP contribution >= 0.6 is 0 Å². The number of nitrogens with one attached hydrogen (secondary N) is 1. The third-order valence-electron chi connectivity index (χ3n) is 5.26. The molecule has 2 aromatic rings. The highest BCUT2D eigenvalue weighted by molar-refractivity contribution is 5.85. The van der Waals surface area contributed by atoms with Gasteiger partial charge < -0.3 is 19.7 Å². The highest BCUT2D eigenvalue weighted by Crippen LogP contribution is 2.32. The summed E-state index contributed by atoms with van der Waals surface area (Å²) in [5.74, 6) is -0.427. The molecule has 1 aromatic carbocycles. The summed E-state index contributed by atoms with van der Waals surface area (Å²) < 4.78 is 15.6. The van der Waals surface area contributed by atoms with Gasteiger partial charge in [0.1, 0.15) is 12.4 Å². The first-order valence-corrected chi connectivity index (χ1v) is 10.2. The van der Waals surface area contributed by atoms with Crippen LogP contribution < -0.4 is 5.32 Å². The lowest BCUT2D eigenvalue weighted by Crippen LogP contribution is -2.52. The number of carbonyl (C=O) groups is 2. The van der Waals surface area contributed by atoms with Gasteiger partial charge in [-0.3, -0.25) is 4.79 Å². The molecule has 0 aliphatic carbocycles. The Kier molecular flexibility index (Phi) is 6.56. The summed E-state index contributed by atoms with van der Waals surface area (Å²) in [4.78, 5) is 29.2. The van der Waals surface area contributed by atoms with Crippen molar-refractivity contribution in [1.29, 1.82) is 0 Å². The van der Waals surface area contributed by atoms with Gasteiger partial charge in [0.2, 0.25) is 5.91 Å². The van der Waals surface area contributed by atoms with E-state index in [9.17, 15) is 14.0 Å². The monoisotopic (exact) mass is 400 g/mol. The standard InChI is InChI=1S/C22H29FN4O2/c1-4-11-24-22(29)27(16(2)3)15-20(28)26-14-13-25-12-5-6-19(25)21(26)17-7-9-18(23)10-8-17/h5-10,12,16,21H,4,11,13-15H2,1-3H3,(H,24,29)/t21-/m1/s1. The van der Waals surface area contributed by atoms with Gasteiger partial charge in [-0.15, -0.1) is 0 Å². The molecular weight excluding hydrogens is 371 g/mol. The lowest BCUT2D eigenvalue weighted by Gasteiger charge is -2.39. The first-order chi connectivity index (χ1) is 13.9. The van der Waals surface area contributed by atoms with Crippen molar-refractivity contribution in [2.75, 3.05) is 19.6 Å². The van der Waals surface area contributed by atoms with E-state index >= 15 is 0 Å². The highest BCUT2D eigenvalue weighted by Gasteiger charge is 2.33. The summed E-state index contributed by atoms with van der Waals surface area (Å²) >= 11 is 0. The summed E-state index contributed by atoms with van der Waals surface area (Å²) in [6, 6.07) is 9.58. The summed E-state index contributed by atoms with van der Waals surface area (Å²) in [5, 5.41) is 2.85.